The van der Waals surface area contributed by atoms with E-state index < -0.39 is 0 Å². The molecule has 0 radical (unpaired) electrons. The number of para-hydroxylation sites is 1. The standard InChI is InChI=1S/C17H26N4O2/c1-12(2)19-17(23)20-15-7-5-4-6-14(15)16(22)21-9-8-13(11-21)10-18-3/h4-7,12-13,18H,8-11H2,1-3H3,(H2,19,20,23). The average Bonchev–Trinajstić information content (AvgIpc) is 2.95. The van der Waals surface area contributed by atoms with Gasteiger partial charge in [0.15, 0.2) is 0 Å². The summed E-state index contributed by atoms with van der Waals surface area (Å²) in [6.45, 7) is 6.22. The fourth-order valence-electron chi connectivity index (χ4n) is 2.84. The number of benzene rings is 1. The summed E-state index contributed by atoms with van der Waals surface area (Å²) in [5.74, 6) is 0.470. The number of nitrogens with one attached hydrogen (secondary N) is 3. The molecule has 3 N–H and O–H groups in total. The van der Waals surface area contributed by atoms with Crippen LogP contribution < -0.4 is 16.0 Å². The van der Waals surface area contributed by atoms with Crippen molar-refractivity contribution in [3.63, 3.8) is 0 Å². The molecule has 1 unspecified atom stereocenters. The van der Waals surface area contributed by atoms with Crippen molar-refractivity contribution < 1.29 is 9.59 Å². The zero-order chi connectivity index (χ0) is 16.8. The van der Waals surface area contributed by atoms with Crippen LogP contribution in [0.2, 0.25) is 0 Å². The molecule has 2 rings (SSSR count). The van der Waals surface area contributed by atoms with E-state index in [-0.39, 0.29) is 18.0 Å². The monoisotopic (exact) mass is 318 g/mol. The van der Waals surface area contributed by atoms with E-state index in [0.717, 1.165) is 26.1 Å². The first-order chi connectivity index (χ1) is 11.0. The van der Waals surface area contributed by atoms with Gasteiger partial charge in [-0.2, -0.15) is 0 Å². The number of carbonyl (C=O) groups excluding carboxylic acids is 2. The Hall–Kier alpha value is -2.08. The smallest absolute Gasteiger partial charge is 0.319 e. The van der Waals surface area contributed by atoms with E-state index in [1.54, 1.807) is 12.1 Å². The maximum absolute atomic E-state index is 12.8. The molecule has 0 bridgehead atoms. The zero-order valence-corrected chi connectivity index (χ0v) is 14.1. The number of carbonyl (C=O) groups is 2. The maximum Gasteiger partial charge on any atom is 0.319 e. The fraction of sp³-hybridized carbons (Fsp3) is 0.529. The summed E-state index contributed by atoms with van der Waals surface area (Å²) in [5.41, 5.74) is 1.09. The van der Waals surface area contributed by atoms with Crippen molar-refractivity contribution in [1.82, 2.24) is 15.5 Å². The van der Waals surface area contributed by atoms with Gasteiger partial charge < -0.3 is 20.9 Å². The number of anilines is 1. The van der Waals surface area contributed by atoms with Gasteiger partial charge in [0.1, 0.15) is 0 Å². The van der Waals surface area contributed by atoms with Gasteiger partial charge in [0.05, 0.1) is 11.3 Å². The van der Waals surface area contributed by atoms with Crippen LogP contribution in [-0.4, -0.2) is 49.6 Å². The molecule has 0 aromatic heterocycles. The summed E-state index contributed by atoms with van der Waals surface area (Å²) >= 11 is 0. The van der Waals surface area contributed by atoms with E-state index in [9.17, 15) is 9.59 Å². The summed E-state index contributed by atoms with van der Waals surface area (Å²) in [6, 6.07) is 6.90. The van der Waals surface area contributed by atoms with Gasteiger partial charge in [0, 0.05) is 19.1 Å². The largest absolute Gasteiger partial charge is 0.338 e. The summed E-state index contributed by atoms with van der Waals surface area (Å²) in [6.07, 6.45) is 1.01. The Morgan fingerprint density at radius 2 is 2.04 bits per heavy atom. The van der Waals surface area contributed by atoms with Crippen LogP contribution in [0.1, 0.15) is 30.6 Å². The lowest BCUT2D eigenvalue weighted by molar-refractivity contribution is 0.0788. The lowest BCUT2D eigenvalue weighted by Crippen LogP contribution is -2.35. The Morgan fingerprint density at radius 1 is 1.30 bits per heavy atom. The fourth-order valence-corrected chi connectivity index (χ4v) is 2.84. The molecule has 23 heavy (non-hydrogen) atoms. The molecule has 3 amide bonds. The first-order valence-electron chi connectivity index (χ1n) is 8.11. The summed E-state index contributed by atoms with van der Waals surface area (Å²) < 4.78 is 0. The minimum atomic E-state index is -0.297. The van der Waals surface area contributed by atoms with Crippen molar-refractivity contribution >= 4 is 17.6 Å². The predicted molar refractivity (Wildman–Crippen MR) is 91.7 cm³/mol. The van der Waals surface area contributed by atoms with E-state index in [1.165, 1.54) is 0 Å². The lowest BCUT2D eigenvalue weighted by atomic mass is 10.1. The molecule has 1 aromatic carbocycles. The van der Waals surface area contributed by atoms with Crippen LogP contribution in [0.3, 0.4) is 0 Å². The highest BCUT2D eigenvalue weighted by atomic mass is 16.2. The number of rotatable bonds is 5. The Balaban J connectivity index is 2.07. The third-order valence-corrected chi connectivity index (χ3v) is 3.89. The minimum Gasteiger partial charge on any atom is -0.338 e. The van der Waals surface area contributed by atoms with E-state index in [0.29, 0.717) is 17.2 Å². The van der Waals surface area contributed by atoms with Gasteiger partial charge in [-0.3, -0.25) is 4.79 Å². The van der Waals surface area contributed by atoms with Gasteiger partial charge >= 0.3 is 6.03 Å². The Bertz CT molecular complexity index is 559. The topological polar surface area (TPSA) is 73.5 Å². The highest BCUT2D eigenvalue weighted by molar-refractivity contribution is 6.03. The lowest BCUT2D eigenvalue weighted by Gasteiger charge is -2.19. The molecule has 1 fully saturated rings. The van der Waals surface area contributed by atoms with Crippen LogP contribution in [0, 0.1) is 5.92 Å². The summed E-state index contributed by atoms with van der Waals surface area (Å²) in [5, 5.41) is 8.70. The third-order valence-electron chi connectivity index (χ3n) is 3.89. The van der Waals surface area contributed by atoms with Gasteiger partial charge in [-0.15, -0.1) is 0 Å². The molecule has 0 aliphatic carbocycles. The van der Waals surface area contributed by atoms with E-state index in [2.05, 4.69) is 16.0 Å². The van der Waals surface area contributed by atoms with Crippen LogP contribution in [0.5, 0.6) is 0 Å². The second kappa shape index (κ2) is 7.97. The molecule has 6 heteroatoms. The molecule has 1 heterocycles. The van der Waals surface area contributed by atoms with Crippen molar-refractivity contribution in [2.75, 3.05) is 32.0 Å². The molecule has 6 nitrogen and oxygen atoms in total. The predicted octanol–water partition coefficient (Wildman–Crippen LogP) is 1.90. The molecule has 1 atom stereocenters. The number of nitrogens with zero attached hydrogens (tertiary/aromatic N) is 1. The first-order valence-corrected chi connectivity index (χ1v) is 8.11. The van der Waals surface area contributed by atoms with Crippen molar-refractivity contribution in [3.8, 4) is 0 Å². The Morgan fingerprint density at radius 3 is 2.74 bits per heavy atom. The molecule has 1 aliphatic rings. The van der Waals surface area contributed by atoms with Crippen LogP contribution in [-0.2, 0) is 0 Å². The zero-order valence-electron chi connectivity index (χ0n) is 14.1. The van der Waals surface area contributed by atoms with Crippen molar-refractivity contribution in [3.05, 3.63) is 29.8 Å². The molecular weight excluding hydrogens is 292 g/mol. The molecule has 0 saturated carbocycles. The highest BCUT2D eigenvalue weighted by Crippen LogP contribution is 2.22. The van der Waals surface area contributed by atoms with Crippen molar-refractivity contribution in [1.29, 1.82) is 0 Å². The Kier molecular flexibility index (Phi) is 5.98. The third kappa shape index (κ3) is 4.69. The quantitative estimate of drug-likeness (QED) is 0.776. The SMILES string of the molecule is CNCC1CCN(C(=O)c2ccccc2NC(=O)NC(C)C)C1. The number of hydrogen-bond donors (Lipinski definition) is 3. The van der Waals surface area contributed by atoms with Gasteiger partial charge in [-0.25, -0.2) is 4.79 Å². The van der Waals surface area contributed by atoms with Gasteiger partial charge in [0.25, 0.3) is 5.91 Å². The molecule has 1 aliphatic heterocycles. The molecular formula is C17H26N4O2. The summed E-state index contributed by atoms with van der Waals surface area (Å²) in [7, 11) is 1.93. The van der Waals surface area contributed by atoms with E-state index in [4.69, 9.17) is 0 Å². The van der Waals surface area contributed by atoms with Crippen LogP contribution in [0.25, 0.3) is 0 Å². The minimum absolute atomic E-state index is 0.0240. The van der Waals surface area contributed by atoms with E-state index in [1.807, 2.05) is 37.9 Å². The first kappa shape index (κ1) is 17.3. The molecule has 126 valence electrons. The molecule has 1 aromatic rings. The van der Waals surface area contributed by atoms with Gasteiger partial charge in [0.2, 0.25) is 0 Å². The number of urea groups is 1. The molecule has 1 saturated heterocycles. The number of hydrogen-bond acceptors (Lipinski definition) is 3. The van der Waals surface area contributed by atoms with E-state index >= 15 is 0 Å². The maximum atomic E-state index is 12.8. The van der Waals surface area contributed by atoms with Gasteiger partial charge in [-0.1, -0.05) is 12.1 Å². The second-order valence-electron chi connectivity index (χ2n) is 6.26. The highest BCUT2D eigenvalue weighted by Gasteiger charge is 2.27. The number of amides is 3. The van der Waals surface area contributed by atoms with Gasteiger partial charge in [-0.05, 0) is 51.9 Å². The molecule has 0 spiro atoms. The van der Waals surface area contributed by atoms with Crippen LogP contribution >= 0.6 is 0 Å². The van der Waals surface area contributed by atoms with Crippen LogP contribution in [0.15, 0.2) is 24.3 Å². The van der Waals surface area contributed by atoms with Crippen LogP contribution in [0.4, 0.5) is 10.5 Å². The average molecular weight is 318 g/mol. The van der Waals surface area contributed by atoms with Crippen molar-refractivity contribution in [2.45, 2.75) is 26.3 Å². The summed E-state index contributed by atoms with van der Waals surface area (Å²) in [4.78, 5) is 26.5. The Labute approximate surface area is 137 Å². The normalized spacial score (nSPS) is 17.4. The number of likely N-dealkylation sites (tertiary alicyclic amines) is 1. The van der Waals surface area contributed by atoms with Crippen molar-refractivity contribution in [2.24, 2.45) is 5.92 Å². The second-order valence-corrected chi connectivity index (χ2v) is 6.26.